The first-order valence-electron chi connectivity index (χ1n) is 8.66. The third kappa shape index (κ3) is 3.30. The molecule has 2 bridgehead atoms. The van der Waals surface area contributed by atoms with Crippen molar-refractivity contribution in [2.75, 3.05) is 30.7 Å². The third-order valence-corrected chi connectivity index (χ3v) is 5.12. The van der Waals surface area contributed by atoms with Crippen molar-refractivity contribution in [3.63, 3.8) is 0 Å². The van der Waals surface area contributed by atoms with Crippen molar-refractivity contribution in [1.29, 1.82) is 0 Å². The van der Waals surface area contributed by atoms with E-state index in [1.54, 1.807) is 30.3 Å². The van der Waals surface area contributed by atoms with Crippen LogP contribution < -0.4 is 16.6 Å². The van der Waals surface area contributed by atoms with Gasteiger partial charge in [-0.15, -0.1) is 0 Å². The summed E-state index contributed by atoms with van der Waals surface area (Å²) in [7, 11) is 0. The van der Waals surface area contributed by atoms with Gasteiger partial charge in [0.05, 0.1) is 6.54 Å². The van der Waals surface area contributed by atoms with Gasteiger partial charge in [0, 0.05) is 48.7 Å². The van der Waals surface area contributed by atoms with Crippen molar-refractivity contribution >= 4 is 17.3 Å². The van der Waals surface area contributed by atoms with Gasteiger partial charge in [-0.3, -0.25) is 14.5 Å². The van der Waals surface area contributed by atoms with Gasteiger partial charge in [-0.25, -0.2) is 0 Å². The van der Waals surface area contributed by atoms with E-state index in [0.29, 0.717) is 24.1 Å². The second-order valence-electron chi connectivity index (χ2n) is 7.06. The molecule has 1 saturated heterocycles. The second-order valence-corrected chi connectivity index (χ2v) is 7.06. The summed E-state index contributed by atoms with van der Waals surface area (Å²) in [6, 6.07) is 12.7. The van der Waals surface area contributed by atoms with E-state index in [1.807, 2.05) is 16.7 Å². The van der Waals surface area contributed by atoms with Crippen molar-refractivity contribution in [2.24, 2.45) is 5.92 Å². The van der Waals surface area contributed by atoms with E-state index < -0.39 is 0 Å². The number of anilines is 2. The van der Waals surface area contributed by atoms with Crippen LogP contribution in [0, 0.1) is 5.92 Å². The molecule has 130 valence electrons. The molecule has 0 unspecified atom stereocenters. The molecule has 4 rings (SSSR count). The average Bonchev–Trinajstić information content (AvgIpc) is 2.58. The Kier molecular flexibility index (Phi) is 4.05. The van der Waals surface area contributed by atoms with Crippen molar-refractivity contribution in [3.05, 3.63) is 58.5 Å². The topological polar surface area (TPSA) is 80.4 Å². The van der Waals surface area contributed by atoms with Gasteiger partial charge in [0.1, 0.15) is 0 Å². The number of nitrogens with two attached hydrogens (primary N) is 1. The van der Waals surface area contributed by atoms with Crippen LogP contribution >= 0.6 is 0 Å². The molecule has 6 heteroatoms. The molecular formula is C19H22N4O2. The number of hydrogen-bond acceptors (Lipinski definition) is 4. The zero-order valence-corrected chi connectivity index (χ0v) is 14.0. The Morgan fingerprint density at radius 1 is 1.12 bits per heavy atom. The van der Waals surface area contributed by atoms with Crippen LogP contribution in [0.25, 0.3) is 0 Å². The summed E-state index contributed by atoms with van der Waals surface area (Å²) in [6.07, 6.45) is 1.10. The maximum absolute atomic E-state index is 12.3. The molecule has 0 spiro atoms. The fourth-order valence-corrected chi connectivity index (χ4v) is 4.09. The van der Waals surface area contributed by atoms with E-state index in [0.717, 1.165) is 37.4 Å². The first-order valence-corrected chi connectivity index (χ1v) is 8.66. The number of amides is 1. The third-order valence-electron chi connectivity index (χ3n) is 5.12. The monoisotopic (exact) mass is 338 g/mol. The molecule has 6 nitrogen and oxygen atoms in total. The standard InChI is InChI=1S/C19H22N4O2/c20-15-4-6-16(7-5-15)21-18(24)12-22-9-13-8-14(11-22)17-2-1-3-19(25)23(17)10-13/h1-7,13-14H,8-12,20H2,(H,21,24)/t13-,14+/m1/s1. The fraction of sp³-hybridized carbons (Fsp3) is 0.368. The summed E-state index contributed by atoms with van der Waals surface area (Å²) in [4.78, 5) is 26.6. The molecule has 3 N–H and O–H groups in total. The molecule has 1 aromatic carbocycles. The second kappa shape index (κ2) is 6.37. The van der Waals surface area contributed by atoms with Gasteiger partial charge in [0.25, 0.3) is 5.56 Å². The lowest BCUT2D eigenvalue weighted by Gasteiger charge is -2.42. The molecule has 1 fully saturated rings. The zero-order chi connectivity index (χ0) is 17.4. The number of piperidine rings is 1. The number of aromatic nitrogens is 1. The minimum atomic E-state index is -0.0183. The molecule has 2 aliphatic rings. The lowest BCUT2D eigenvalue weighted by Crippen LogP contribution is -2.49. The van der Waals surface area contributed by atoms with Crippen LogP contribution in [0.3, 0.4) is 0 Å². The van der Waals surface area contributed by atoms with E-state index >= 15 is 0 Å². The van der Waals surface area contributed by atoms with Crippen LogP contribution in [-0.2, 0) is 11.3 Å². The number of rotatable bonds is 3. The Bertz CT molecular complexity index is 843. The van der Waals surface area contributed by atoms with Gasteiger partial charge in [0.2, 0.25) is 5.91 Å². The van der Waals surface area contributed by atoms with Gasteiger partial charge >= 0.3 is 0 Å². The number of nitrogens with zero attached hydrogens (tertiary/aromatic N) is 2. The molecule has 2 aliphatic heterocycles. The van der Waals surface area contributed by atoms with Crippen molar-refractivity contribution < 1.29 is 4.79 Å². The number of likely N-dealkylation sites (tertiary alicyclic amines) is 1. The number of pyridine rings is 1. The number of fused-ring (bicyclic) bond motifs is 4. The van der Waals surface area contributed by atoms with Crippen molar-refractivity contribution in [2.45, 2.75) is 18.9 Å². The van der Waals surface area contributed by atoms with Crippen molar-refractivity contribution in [3.8, 4) is 0 Å². The summed E-state index contributed by atoms with van der Waals surface area (Å²) in [5, 5.41) is 2.92. The average molecular weight is 338 g/mol. The largest absolute Gasteiger partial charge is 0.399 e. The maximum atomic E-state index is 12.3. The van der Waals surface area contributed by atoms with Crippen LogP contribution in [0.4, 0.5) is 11.4 Å². The molecule has 3 heterocycles. The molecule has 1 aromatic heterocycles. The highest BCUT2D eigenvalue weighted by Gasteiger charge is 2.34. The van der Waals surface area contributed by atoms with E-state index in [4.69, 9.17) is 5.73 Å². The molecule has 2 aromatic rings. The molecule has 25 heavy (non-hydrogen) atoms. The van der Waals surface area contributed by atoms with Crippen LogP contribution in [-0.4, -0.2) is 35.0 Å². The first kappa shape index (κ1) is 15.9. The van der Waals surface area contributed by atoms with Crippen LogP contribution in [0.15, 0.2) is 47.3 Å². The van der Waals surface area contributed by atoms with E-state index in [-0.39, 0.29) is 11.5 Å². The Morgan fingerprint density at radius 3 is 2.72 bits per heavy atom. The normalized spacial score (nSPS) is 22.2. The van der Waals surface area contributed by atoms with Gasteiger partial charge in [0.15, 0.2) is 0 Å². The van der Waals surface area contributed by atoms with E-state index in [2.05, 4.69) is 10.2 Å². The molecule has 0 aliphatic carbocycles. The summed E-state index contributed by atoms with van der Waals surface area (Å²) >= 11 is 0. The number of carbonyl (C=O) groups excluding carboxylic acids is 1. The Balaban J connectivity index is 1.43. The summed E-state index contributed by atoms with van der Waals surface area (Å²) in [6.45, 7) is 2.79. The fourth-order valence-electron chi connectivity index (χ4n) is 4.09. The highest BCUT2D eigenvalue weighted by Crippen LogP contribution is 2.34. The molecule has 2 atom stereocenters. The number of benzene rings is 1. The Morgan fingerprint density at radius 2 is 1.92 bits per heavy atom. The van der Waals surface area contributed by atoms with Crippen LogP contribution in [0.1, 0.15) is 18.0 Å². The summed E-state index contributed by atoms with van der Waals surface area (Å²) in [5.74, 6) is 0.733. The molecule has 0 radical (unpaired) electrons. The zero-order valence-electron chi connectivity index (χ0n) is 14.0. The lowest BCUT2D eigenvalue weighted by molar-refractivity contribution is -0.117. The predicted octanol–water partition coefficient (Wildman–Crippen LogP) is 1.49. The van der Waals surface area contributed by atoms with Gasteiger partial charge in [-0.1, -0.05) is 6.07 Å². The molecule has 1 amide bonds. The highest BCUT2D eigenvalue weighted by atomic mass is 16.2. The summed E-state index contributed by atoms with van der Waals surface area (Å²) in [5.41, 5.74) is 8.29. The molecule has 0 saturated carbocycles. The van der Waals surface area contributed by atoms with Crippen LogP contribution in [0.2, 0.25) is 0 Å². The predicted molar refractivity (Wildman–Crippen MR) is 97.5 cm³/mol. The quantitative estimate of drug-likeness (QED) is 0.831. The summed E-state index contributed by atoms with van der Waals surface area (Å²) < 4.78 is 1.91. The van der Waals surface area contributed by atoms with E-state index in [9.17, 15) is 9.59 Å². The number of hydrogen-bond donors (Lipinski definition) is 2. The smallest absolute Gasteiger partial charge is 0.250 e. The van der Waals surface area contributed by atoms with E-state index in [1.165, 1.54) is 0 Å². The van der Waals surface area contributed by atoms with Gasteiger partial charge < -0.3 is 15.6 Å². The lowest BCUT2D eigenvalue weighted by atomic mass is 9.83. The van der Waals surface area contributed by atoms with Crippen molar-refractivity contribution in [1.82, 2.24) is 9.47 Å². The van der Waals surface area contributed by atoms with Gasteiger partial charge in [-0.05, 0) is 42.7 Å². The highest BCUT2D eigenvalue weighted by molar-refractivity contribution is 5.92. The Labute approximate surface area is 146 Å². The number of nitrogen functional groups attached to an aromatic ring is 1. The maximum Gasteiger partial charge on any atom is 0.250 e. The Hall–Kier alpha value is -2.60. The van der Waals surface area contributed by atoms with Crippen LogP contribution in [0.5, 0.6) is 0 Å². The number of nitrogens with one attached hydrogen (secondary N) is 1. The molecular weight excluding hydrogens is 316 g/mol. The minimum Gasteiger partial charge on any atom is -0.399 e. The first-order chi connectivity index (χ1) is 12.1. The minimum absolute atomic E-state index is 0.0183. The SMILES string of the molecule is Nc1ccc(NC(=O)CN2C[C@H]3C[C@@H](C2)c2cccc(=O)n2C3)cc1. The van der Waals surface area contributed by atoms with Gasteiger partial charge in [-0.2, -0.15) is 0 Å². The number of carbonyl (C=O) groups is 1.